The number of aryl methyl sites for hydroxylation is 2. The first-order chi connectivity index (χ1) is 18.5. The molecule has 2 aromatic carbocycles. The van der Waals surface area contributed by atoms with E-state index in [9.17, 15) is 9.59 Å². The molecule has 3 aromatic heterocycles. The van der Waals surface area contributed by atoms with E-state index in [2.05, 4.69) is 56.4 Å². The fourth-order valence-corrected chi connectivity index (χ4v) is 5.42. The molecule has 1 amide bonds. The lowest BCUT2D eigenvalue weighted by atomic mass is 9.96. The number of tetrazole rings is 1. The minimum absolute atomic E-state index is 0.000416. The van der Waals surface area contributed by atoms with Gasteiger partial charge >= 0.3 is 0 Å². The van der Waals surface area contributed by atoms with Gasteiger partial charge in [0.15, 0.2) is 0 Å². The number of fused-ring (bicyclic) bond motifs is 2. The molecule has 0 aliphatic heterocycles. The fraction of sp³-hybridized carbons (Fsp3) is 0.286. The van der Waals surface area contributed by atoms with E-state index >= 15 is 0 Å². The molecule has 10 nitrogen and oxygen atoms in total. The first kappa shape index (κ1) is 23.8. The molecule has 1 atom stereocenters. The average molecular weight is 509 g/mol. The van der Waals surface area contributed by atoms with E-state index < -0.39 is 0 Å². The van der Waals surface area contributed by atoms with Crippen LogP contribution in [0.1, 0.15) is 36.3 Å². The summed E-state index contributed by atoms with van der Waals surface area (Å²) in [7, 11) is 3.38. The molecule has 10 heteroatoms. The number of aromatic nitrogens is 7. The van der Waals surface area contributed by atoms with Crippen LogP contribution in [0, 0.1) is 0 Å². The van der Waals surface area contributed by atoms with Crippen LogP contribution >= 0.6 is 0 Å². The van der Waals surface area contributed by atoms with Crippen LogP contribution in [0.5, 0.6) is 0 Å². The molecule has 1 aliphatic rings. The SMILES string of the molecule is CCc1nc2ccn(CC(=O)N(C)C)c(=O)c2n1[C@H]1CCc2cc(-c3ccccc3-c3nn[nH]n3)ccc21. The van der Waals surface area contributed by atoms with E-state index in [-0.39, 0.29) is 24.1 Å². The Balaban J connectivity index is 1.43. The van der Waals surface area contributed by atoms with Crippen LogP contribution in [0.2, 0.25) is 0 Å². The van der Waals surface area contributed by atoms with Gasteiger partial charge in [-0.2, -0.15) is 5.21 Å². The number of nitrogens with zero attached hydrogens (tertiary/aromatic N) is 7. The Morgan fingerprint density at radius 2 is 1.95 bits per heavy atom. The highest BCUT2D eigenvalue weighted by Crippen LogP contribution is 2.40. The van der Waals surface area contributed by atoms with Crippen LogP contribution in [0.4, 0.5) is 0 Å². The molecule has 0 saturated carbocycles. The van der Waals surface area contributed by atoms with E-state index in [0.717, 1.165) is 35.4 Å². The molecule has 3 heterocycles. The zero-order valence-corrected chi connectivity index (χ0v) is 21.5. The Kier molecular flexibility index (Phi) is 5.86. The van der Waals surface area contributed by atoms with E-state index in [1.54, 1.807) is 20.3 Å². The van der Waals surface area contributed by atoms with Gasteiger partial charge in [0.25, 0.3) is 5.56 Å². The zero-order valence-electron chi connectivity index (χ0n) is 21.5. The van der Waals surface area contributed by atoms with E-state index in [0.29, 0.717) is 23.3 Å². The molecule has 192 valence electrons. The highest BCUT2D eigenvalue weighted by atomic mass is 16.2. The minimum Gasteiger partial charge on any atom is -0.347 e. The maximum Gasteiger partial charge on any atom is 0.277 e. The first-order valence-electron chi connectivity index (χ1n) is 12.7. The van der Waals surface area contributed by atoms with Gasteiger partial charge in [0.05, 0.1) is 11.6 Å². The van der Waals surface area contributed by atoms with Gasteiger partial charge in [0.1, 0.15) is 17.9 Å². The maximum absolute atomic E-state index is 13.6. The number of hydrogen-bond acceptors (Lipinski definition) is 6. The predicted octanol–water partition coefficient (Wildman–Crippen LogP) is 3.23. The maximum atomic E-state index is 13.6. The third kappa shape index (κ3) is 3.89. The molecule has 0 radical (unpaired) electrons. The van der Waals surface area contributed by atoms with E-state index in [1.165, 1.54) is 20.6 Å². The van der Waals surface area contributed by atoms with Crippen molar-refractivity contribution in [1.82, 2.24) is 39.6 Å². The highest BCUT2D eigenvalue weighted by Gasteiger charge is 2.29. The number of hydrogen-bond donors (Lipinski definition) is 1. The molecular formula is C28H28N8O2. The van der Waals surface area contributed by atoms with Crippen molar-refractivity contribution in [2.75, 3.05) is 14.1 Å². The monoisotopic (exact) mass is 508 g/mol. The Hall–Kier alpha value is -4.60. The lowest BCUT2D eigenvalue weighted by Gasteiger charge is -2.19. The number of H-pyrrole nitrogens is 1. The predicted molar refractivity (Wildman–Crippen MR) is 144 cm³/mol. The lowest BCUT2D eigenvalue weighted by molar-refractivity contribution is -0.129. The molecule has 0 unspecified atom stereocenters. The number of amides is 1. The summed E-state index contributed by atoms with van der Waals surface area (Å²) in [6, 6.07) is 16.4. The summed E-state index contributed by atoms with van der Waals surface area (Å²) in [4.78, 5) is 32.2. The summed E-state index contributed by atoms with van der Waals surface area (Å²) in [5.41, 5.74) is 6.51. The molecule has 0 bridgehead atoms. The summed E-state index contributed by atoms with van der Waals surface area (Å²) >= 11 is 0. The summed E-state index contributed by atoms with van der Waals surface area (Å²) in [6.45, 7) is 2.05. The topological polar surface area (TPSA) is 115 Å². The molecule has 38 heavy (non-hydrogen) atoms. The van der Waals surface area contributed by atoms with Crippen molar-refractivity contribution in [3.63, 3.8) is 0 Å². The van der Waals surface area contributed by atoms with Crippen LogP contribution in [-0.2, 0) is 24.2 Å². The number of carbonyl (C=O) groups is 1. The van der Waals surface area contributed by atoms with Crippen molar-refractivity contribution in [2.24, 2.45) is 0 Å². The largest absolute Gasteiger partial charge is 0.347 e. The van der Waals surface area contributed by atoms with Gasteiger partial charge in [-0.15, -0.1) is 10.2 Å². The highest BCUT2D eigenvalue weighted by molar-refractivity contribution is 5.81. The molecule has 0 fully saturated rings. The van der Waals surface area contributed by atoms with Crippen LogP contribution in [-0.4, -0.2) is 59.6 Å². The van der Waals surface area contributed by atoms with Crippen molar-refractivity contribution < 1.29 is 4.79 Å². The second-order valence-electron chi connectivity index (χ2n) is 9.77. The Morgan fingerprint density at radius 1 is 1.13 bits per heavy atom. The number of aromatic amines is 1. The second kappa shape index (κ2) is 9.37. The van der Waals surface area contributed by atoms with Crippen LogP contribution in [0.25, 0.3) is 33.5 Å². The third-order valence-corrected chi connectivity index (χ3v) is 7.33. The number of pyridine rings is 1. The number of imidazole rings is 1. The van der Waals surface area contributed by atoms with E-state index in [1.807, 2.05) is 24.3 Å². The summed E-state index contributed by atoms with van der Waals surface area (Å²) < 4.78 is 3.59. The van der Waals surface area contributed by atoms with Crippen LogP contribution in [0.3, 0.4) is 0 Å². The summed E-state index contributed by atoms with van der Waals surface area (Å²) in [6.07, 6.45) is 4.13. The number of likely N-dealkylation sites (N-methyl/N-ethyl adjacent to an activating group) is 1. The number of carbonyl (C=O) groups excluding carboxylic acids is 1. The Bertz CT molecular complexity index is 1720. The van der Waals surface area contributed by atoms with Crippen molar-refractivity contribution in [1.29, 1.82) is 0 Å². The van der Waals surface area contributed by atoms with E-state index in [4.69, 9.17) is 4.98 Å². The molecule has 1 aliphatic carbocycles. The van der Waals surface area contributed by atoms with Gasteiger partial charge in [0, 0.05) is 32.3 Å². The standard InChI is InChI=1S/C28H28N8O2/c1-4-24-29-22-13-14-35(16-25(37)34(2)3)28(38)26(22)36(24)23-12-10-18-15-17(9-11-20(18)23)19-7-5-6-8-21(19)27-30-32-33-31-27/h5-9,11,13-15,23H,4,10,12,16H2,1-3H3,(H,30,31,32,33)/t23-/m0/s1. The molecule has 1 N–H and O–H groups in total. The Morgan fingerprint density at radius 3 is 2.68 bits per heavy atom. The second-order valence-corrected chi connectivity index (χ2v) is 9.77. The fourth-order valence-electron chi connectivity index (χ4n) is 5.42. The molecule has 0 saturated heterocycles. The van der Waals surface area contributed by atoms with Gasteiger partial charge in [-0.25, -0.2) is 4.98 Å². The van der Waals surface area contributed by atoms with Crippen molar-refractivity contribution in [3.05, 3.63) is 82.0 Å². The van der Waals surface area contributed by atoms with Gasteiger partial charge in [-0.1, -0.05) is 49.4 Å². The van der Waals surface area contributed by atoms with Gasteiger partial charge in [0.2, 0.25) is 11.7 Å². The first-order valence-corrected chi connectivity index (χ1v) is 12.7. The normalized spacial score (nSPS) is 14.7. The van der Waals surface area contributed by atoms with Gasteiger partial charge in [-0.05, 0) is 46.4 Å². The lowest BCUT2D eigenvalue weighted by Crippen LogP contribution is -2.32. The molecule has 0 spiro atoms. The summed E-state index contributed by atoms with van der Waals surface area (Å²) in [5.74, 6) is 1.30. The number of benzene rings is 2. The number of nitrogens with one attached hydrogen (secondary N) is 1. The van der Waals surface area contributed by atoms with Gasteiger partial charge in [-0.3, -0.25) is 9.59 Å². The van der Waals surface area contributed by atoms with Crippen LogP contribution in [0.15, 0.2) is 59.5 Å². The molecule has 6 rings (SSSR count). The van der Waals surface area contributed by atoms with Crippen molar-refractivity contribution >= 4 is 16.9 Å². The third-order valence-electron chi connectivity index (χ3n) is 7.33. The quantitative estimate of drug-likeness (QED) is 0.377. The number of rotatable bonds is 6. The van der Waals surface area contributed by atoms with Crippen LogP contribution < -0.4 is 5.56 Å². The molecule has 5 aromatic rings. The van der Waals surface area contributed by atoms with Crippen molar-refractivity contribution in [3.8, 4) is 22.5 Å². The van der Waals surface area contributed by atoms with Gasteiger partial charge < -0.3 is 14.0 Å². The minimum atomic E-state index is -0.191. The smallest absolute Gasteiger partial charge is 0.277 e. The molecular weight excluding hydrogens is 480 g/mol. The van der Waals surface area contributed by atoms with Crippen molar-refractivity contribution in [2.45, 2.75) is 38.8 Å². The zero-order chi connectivity index (χ0) is 26.4. The Labute approximate surface area is 218 Å². The average Bonchev–Trinajstić information content (AvgIpc) is 3.68. The summed E-state index contributed by atoms with van der Waals surface area (Å²) in [5, 5.41) is 14.6.